The molecule has 1 aliphatic heterocycles. The molecule has 2 aromatic rings. The second kappa shape index (κ2) is 6.84. The highest BCUT2D eigenvalue weighted by Gasteiger charge is 2.30. The fraction of sp³-hybridized carbons (Fsp3) is 0.263. The maximum Gasteiger partial charge on any atom is 0.244 e. The van der Waals surface area contributed by atoms with Crippen molar-refractivity contribution in [2.45, 2.75) is 25.9 Å². The molecule has 2 atom stereocenters. The summed E-state index contributed by atoms with van der Waals surface area (Å²) in [6.07, 6.45) is 0. The number of carbonyl (C=O) groups is 2. The first-order chi connectivity index (χ1) is 11.6. The summed E-state index contributed by atoms with van der Waals surface area (Å²) in [5.41, 5.74) is 2.53. The molecule has 0 fully saturated rings. The first-order valence-electron chi connectivity index (χ1n) is 8.07. The van der Waals surface area contributed by atoms with Gasteiger partial charge in [-0.15, -0.1) is 0 Å². The largest absolute Gasteiger partial charge is 0.323 e. The molecule has 2 N–H and O–H groups in total. The van der Waals surface area contributed by atoms with Crippen molar-refractivity contribution in [2.75, 3.05) is 16.8 Å². The van der Waals surface area contributed by atoms with Crippen LogP contribution in [0.3, 0.4) is 0 Å². The van der Waals surface area contributed by atoms with Gasteiger partial charge in [0, 0.05) is 6.04 Å². The molecule has 2 amide bonds. The second-order valence-corrected chi connectivity index (χ2v) is 6.01. The van der Waals surface area contributed by atoms with Crippen molar-refractivity contribution in [3.63, 3.8) is 0 Å². The number of nitrogens with one attached hydrogen (secondary N) is 2. The molecule has 1 aliphatic rings. The zero-order valence-electron chi connectivity index (χ0n) is 13.8. The average molecular weight is 323 g/mol. The molecule has 3 rings (SSSR count). The maximum atomic E-state index is 12.9. The molecule has 0 aromatic heterocycles. The zero-order valence-corrected chi connectivity index (χ0v) is 13.8. The minimum atomic E-state index is -0.404. The van der Waals surface area contributed by atoms with Gasteiger partial charge in [-0.2, -0.15) is 0 Å². The Morgan fingerprint density at radius 2 is 1.75 bits per heavy atom. The summed E-state index contributed by atoms with van der Waals surface area (Å²) in [5, 5.41) is 6.11. The van der Waals surface area contributed by atoms with Crippen LogP contribution < -0.4 is 15.5 Å². The van der Waals surface area contributed by atoms with E-state index in [1.807, 2.05) is 62.4 Å². The van der Waals surface area contributed by atoms with Crippen LogP contribution in [0.15, 0.2) is 54.6 Å². The number of hydrogen-bond donors (Lipinski definition) is 2. The fourth-order valence-corrected chi connectivity index (χ4v) is 2.95. The van der Waals surface area contributed by atoms with E-state index in [1.54, 1.807) is 11.0 Å². The Morgan fingerprint density at radius 1 is 1.08 bits per heavy atom. The third-order valence-corrected chi connectivity index (χ3v) is 4.21. The standard InChI is InChI=1S/C19H21N3O2/c1-13(15-8-4-3-5-9-15)20-14(2)19(24)22-12-18(23)21-16-10-6-7-11-17(16)22/h3-11,13-14,20H,12H2,1-2H3,(H,21,23)/t13-,14+/m1/s1. The Kier molecular flexibility index (Phi) is 4.62. The van der Waals surface area contributed by atoms with Gasteiger partial charge in [-0.1, -0.05) is 42.5 Å². The van der Waals surface area contributed by atoms with Crippen molar-refractivity contribution < 1.29 is 9.59 Å². The summed E-state index contributed by atoms with van der Waals surface area (Å²) >= 11 is 0. The van der Waals surface area contributed by atoms with E-state index < -0.39 is 6.04 Å². The Hall–Kier alpha value is -2.66. The van der Waals surface area contributed by atoms with Crippen molar-refractivity contribution in [1.82, 2.24) is 5.32 Å². The highest BCUT2D eigenvalue weighted by Crippen LogP contribution is 2.29. The molecule has 24 heavy (non-hydrogen) atoms. The summed E-state index contributed by atoms with van der Waals surface area (Å²) in [6.45, 7) is 3.90. The van der Waals surface area contributed by atoms with Crippen LogP contribution in [-0.4, -0.2) is 24.4 Å². The molecule has 0 aliphatic carbocycles. The second-order valence-electron chi connectivity index (χ2n) is 6.01. The van der Waals surface area contributed by atoms with Crippen molar-refractivity contribution in [3.8, 4) is 0 Å². The lowest BCUT2D eigenvalue weighted by Crippen LogP contribution is -2.50. The summed E-state index contributed by atoms with van der Waals surface area (Å²) in [5.74, 6) is -0.287. The van der Waals surface area contributed by atoms with Crippen LogP contribution in [0.25, 0.3) is 0 Å². The molecule has 124 valence electrons. The smallest absolute Gasteiger partial charge is 0.244 e. The predicted molar refractivity (Wildman–Crippen MR) is 94.9 cm³/mol. The van der Waals surface area contributed by atoms with Gasteiger partial charge in [-0.3, -0.25) is 19.8 Å². The van der Waals surface area contributed by atoms with Gasteiger partial charge in [0.2, 0.25) is 11.8 Å². The van der Waals surface area contributed by atoms with Gasteiger partial charge < -0.3 is 5.32 Å². The van der Waals surface area contributed by atoms with Gasteiger partial charge in [0.15, 0.2) is 0 Å². The highest BCUT2D eigenvalue weighted by atomic mass is 16.2. The number of carbonyl (C=O) groups excluding carboxylic acids is 2. The van der Waals surface area contributed by atoms with Crippen LogP contribution in [0.2, 0.25) is 0 Å². The SMILES string of the molecule is C[C@H](N[C@H](C)c1ccccc1)C(=O)N1CC(=O)Nc2ccccc21. The van der Waals surface area contributed by atoms with E-state index in [0.29, 0.717) is 5.69 Å². The van der Waals surface area contributed by atoms with Gasteiger partial charge >= 0.3 is 0 Å². The highest BCUT2D eigenvalue weighted by molar-refractivity contribution is 6.11. The Labute approximate surface area is 141 Å². The molecule has 0 saturated carbocycles. The number of para-hydroxylation sites is 2. The van der Waals surface area contributed by atoms with Gasteiger partial charge in [0.25, 0.3) is 0 Å². The first-order valence-corrected chi connectivity index (χ1v) is 8.07. The van der Waals surface area contributed by atoms with E-state index >= 15 is 0 Å². The number of anilines is 2. The molecule has 1 heterocycles. The molecule has 5 heteroatoms. The van der Waals surface area contributed by atoms with Crippen LogP contribution in [0.1, 0.15) is 25.5 Å². The lowest BCUT2D eigenvalue weighted by atomic mass is 10.1. The Balaban J connectivity index is 1.75. The summed E-state index contributed by atoms with van der Waals surface area (Å²) in [6, 6.07) is 17.0. The number of amides is 2. The average Bonchev–Trinajstić information content (AvgIpc) is 2.61. The maximum absolute atomic E-state index is 12.9. The van der Waals surface area contributed by atoms with Crippen molar-refractivity contribution >= 4 is 23.2 Å². The number of benzene rings is 2. The summed E-state index contributed by atoms with van der Waals surface area (Å²) < 4.78 is 0. The Bertz CT molecular complexity index is 745. The zero-order chi connectivity index (χ0) is 17.1. The van der Waals surface area contributed by atoms with Crippen LogP contribution in [-0.2, 0) is 9.59 Å². The number of hydrogen-bond acceptors (Lipinski definition) is 3. The van der Waals surface area contributed by atoms with E-state index in [9.17, 15) is 9.59 Å². The first kappa shape index (κ1) is 16.2. The molecule has 0 saturated heterocycles. The molecule has 5 nitrogen and oxygen atoms in total. The molecule has 2 aromatic carbocycles. The van der Waals surface area contributed by atoms with E-state index in [0.717, 1.165) is 11.3 Å². The van der Waals surface area contributed by atoms with Crippen LogP contribution in [0, 0.1) is 0 Å². The molecule has 0 unspecified atom stereocenters. The molecule has 0 radical (unpaired) electrons. The lowest BCUT2D eigenvalue weighted by molar-refractivity contribution is -0.123. The van der Waals surface area contributed by atoms with Crippen molar-refractivity contribution in [2.24, 2.45) is 0 Å². The van der Waals surface area contributed by atoms with Crippen molar-refractivity contribution in [1.29, 1.82) is 0 Å². The summed E-state index contributed by atoms with van der Waals surface area (Å²) in [7, 11) is 0. The topological polar surface area (TPSA) is 61.4 Å². The normalized spacial score (nSPS) is 16.1. The minimum absolute atomic E-state index is 0.0408. The quantitative estimate of drug-likeness (QED) is 0.909. The third kappa shape index (κ3) is 3.31. The summed E-state index contributed by atoms with van der Waals surface area (Å²) in [4.78, 5) is 26.3. The molecular formula is C19H21N3O2. The van der Waals surface area contributed by atoms with Crippen LogP contribution in [0.5, 0.6) is 0 Å². The fourth-order valence-electron chi connectivity index (χ4n) is 2.95. The van der Waals surface area contributed by atoms with E-state index in [4.69, 9.17) is 0 Å². The predicted octanol–water partition coefficient (Wildman–Crippen LogP) is 2.71. The Morgan fingerprint density at radius 3 is 2.50 bits per heavy atom. The lowest BCUT2D eigenvalue weighted by Gasteiger charge is -2.32. The molecule has 0 spiro atoms. The van der Waals surface area contributed by atoms with Gasteiger partial charge in [0.1, 0.15) is 6.54 Å². The number of fused-ring (bicyclic) bond motifs is 1. The molecule has 0 bridgehead atoms. The van der Waals surface area contributed by atoms with Crippen LogP contribution >= 0.6 is 0 Å². The van der Waals surface area contributed by atoms with E-state index in [1.165, 1.54) is 0 Å². The molecular weight excluding hydrogens is 302 g/mol. The number of rotatable bonds is 4. The van der Waals surface area contributed by atoms with Gasteiger partial charge in [-0.25, -0.2) is 0 Å². The number of nitrogens with zero attached hydrogens (tertiary/aromatic N) is 1. The monoisotopic (exact) mass is 323 g/mol. The van der Waals surface area contributed by atoms with E-state index in [-0.39, 0.29) is 24.4 Å². The van der Waals surface area contributed by atoms with Gasteiger partial charge in [-0.05, 0) is 31.5 Å². The van der Waals surface area contributed by atoms with Crippen LogP contribution in [0.4, 0.5) is 11.4 Å². The minimum Gasteiger partial charge on any atom is -0.323 e. The van der Waals surface area contributed by atoms with Gasteiger partial charge in [0.05, 0.1) is 17.4 Å². The van der Waals surface area contributed by atoms with E-state index in [2.05, 4.69) is 10.6 Å². The third-order valence-electron chi connectivity index (χ3n) is 4.21. The van der Waals surface area contributed by atoms with Crippen molar-refractivity contribution in [3.05, 3.63) is 60.2 Å².